The predicted molar refractivity (Wildman–Crippen MR) is 60.1 cm³/mol. The van der Waals surface area contributed by atoms with Crippen molar-refractivity contribution >= 4 is 5.91 Å². The summed E-state index contributed by atoms with van der Waals surface area (Å²) in [5, 5.41) is 17.1. The van der Waals surface area contributed by atoms with E-state index in [1.165, 1.54) is 22.2 Å². The molecule has 1 aromatic heterocycles. The molecule has 94 valence electrons. The third-order valence-electron chi connectivity index (χ3n) is 2.94. The summed E-state index contributed by atoms with van der Waals surface area (Å²) in [6, 6.07) is 0. The van der Waals surface area contributed by atoms with Crippen molar-refractivity contribution in [2.24, 2.45) is 0 Å². The SMILES string of the molecule is CN(CC1(O)CCNC1)C(=O)Cn1cncn1. The highest BCUT2D eigenvalue weighted by Crippen LogP contribution is 2.15. The van der Waals surface area contributed by atoms with Gasteiger partial charge in [-0.2, -0.15) is 5.10 Å². The molecule has 2 rings (SSSR count). The Bertz CT molecular complexity index is 372. The number of carbonyl (C=O) groups excluding carboxylic acids is 1. The van der Waals surface area contributed by atoms with E-state index in [1.54, 1.807) is 7.05 Å². The molecule has 0 bridgehead atoms. The maximum atomic E-state index is 11.8. The van der Waals surface area contributed by atoms with Crippen molar-refractivity contribution in [2.75, 3.05) is 26.7 Å². The van der Waals surface area contributed by atoms with E-state index >= 15 is 0 Å². The van der Waals surface area contributed by atoms with E-state index in [9.17, 15) is 9.90 Å². The molecular weight excluding hydrogens is 222 g/mol. The summed E-state index contributed by atoms with van der Waals surface area (Å²) < 4.78 is 1.47. The van der Waals surface area contributed by atoms with E-state index in [-0.39, 0.29) is 12.5 Å². The van der Waals surface area contributed by atoms with Crippen LogP contribution in [-0.4, -0.2) is 63.0 Å². The van der Waals surface area contributed by atoms with Gasteiger partial charge in [0.25, 0.3) is 0 Å². The van der Waals surface area contributed by atoms with E-state index < -0.39 is 5.60 Å². The van der Waals surface area contributed by atoms with Gasteiger partial charge < -0.3 is 15.3 Å². The second-order valence-corrected chi connectivity index (χ2v) is 4.49. The van der Waals surface area contributed by atoms with Crippen LogP contribution in [0.15, 0.2) is 12.7 Å². The van der Waals surface area contributed by atoms with Crippen LogP contribution in [-0.2, 0) is 11.3 Å². The molecule has 7 heteroatoms. The van der Waals surface area contributed by atoms with Crippen LogP contribution in [0.1, 0.15) is 6.42 Å². The quantitative estimate of drug-likeness (QED) is 0.665. The van der Waals surface area contributed by atoms with Gasteiger partial charge in [-0.25, -0.2) is 9.67 Å². The van der Waals surface area contributed by atoms with Gasteiger partial charge in [0.2, 0.25) is 5.91 Å². The normalized spacial score (nSPS) is 23.9. The number of aliphatic hydroxyl groups is 1. The Morgan fingerprint density at radius 3 is 3.12 bits per heavy atom. The number of hydrogen-bond acceptors (Lipinski definition) is 5. The predicted octanol–water partition coefficient (Wildman–Crippen LogP) is -1.54. The number of hydrogen-bond donors (Lipinski definition) is 2. The fourth-order valence-electron chi connectivity index (χ4n) is 1.97. The summed E-state index contributed by atoms with van der Waals surface area (Å²) in [6.07, 6.45) is 3.56. The Kier molecular flexibility index (Phi) is 3.39. The van der Waals surface area contributed by atoms with E-state index in [0.717, 1.165) is 6.54 Å². The highest BCUT2D eigenvalue weighted by molar-refractivity contribution is 5.75. The van der Waals surface area contributed by atoms with Crippen LogP contribution in [0.25, 0.3) is 0 Å². The third-order valence-corrected chi connectivity index (χ3v) is 2.94. The van der Waals surface area contributed by atoms with Crippen LogP contribution < -0.4 is 5.32 Å². The lowest BCUT2D eigenvalue weighted by Crippen LogP contribution is -2.46. The van der Waals surface area contributed by atoms with Gasteiger partial charge in [-0.3, -0.25) is 4.79 Å². The van der Waals surface area contributed by atoms with Crippen LogP contribution in [0, 0.1) is 0 Å². The van der Waals surface area contributed by atoms with Crippen molar-refractivity contribution in [1.29, 1.82) is 0 Å². The topological polar surface area (TPSA) is 83.3 Å². The van der Waals surface area contributed by atoms with Crippen LogP contribution in [0.4, 0.5) is 0 Å². The van der Waals surface area contributed by atoms with Crippen molar-refractivity contribution in [3.05, 3.63) is 12.7 Å². The highest BCUT2D eigenvalue weighted by atomic mass is 16.3. The van der Waals surface area contributed by atoms with E-state index in [4.69, 9.17) is 0 Å². The largest absolute Gasteiger partial charge is 0.387 e. The van der Waals surface area contributed by atoms with Gasteiger partial charge in [-0.05, 0) is 13.0 Å². The van der Waals surface area contributed by atoms with Gasteiger partial charge in [-0.15, -0.1) is 0 Å². The third kappa shape index (κ3) is 3.01. The first-order chi connectivity index (χ1) is 8.09. The van der Waals surface area contributed by atoms with Gasteiger partial charge in [0.15, 0.2) is 0 Å². The minimum atomic E-state index is -0.799. The van der Waals surface area contributed by atoms with Crippen molar-refractivity contribution in [3.63, 3.8) is 0 Å². The van der Waals surface area contributed by atoms with Crippen LogP contribution in [0.3, 0.4) is 0 Å². The molecule has 0 saturated carbocycles. The number of likely N-dealkylation sites (N-methyl/N-ethyl adjacent to an activating group) is 1. The fourth-order valence-corrected chi connectivity index (χ4v) is 1.97. The number of carbonyl (C=O) groups is 1. The molecule has 0 spiro atoms. The minimum absolute atomic E-state index is 0.0872. The van der Waals surface area contributed by atoms with E-state index in [2.05, 4.69) is 15.4 Å². The summed E-state index contributed by atoms with van der Waals surface area (Å²) in [7, 11) is 1.69. The first-order valence-electron chi connectivity index (χ1n) is 5.59. The number of nitrogens with zero attached hydrogens (tertiary/aromatic N) is 4. The molecule has 2 heterocycles. The monoisotopic (exact) mass is 239 g/mol. The van der Waals surface area contributed by atoms with Crippen LogP contribution in [0.5, 0.6) is 0 Å². The standard InChI is InChI=1S/C10H17N5O2/c1-14(6-10(17)2-3-11-5-10)9(16)4-15-8-12-7-13-15/h7-8,11,17H,2-6H2,1H3. The lowest BCUT2D eigenvalue weighted by atomic mass is 10.0. The molecule has 0 radical (unpaired) electrons. The van der Waals surface area contributed by atoms with Crippen molar-refractivity contribution in [3.8, 4) is 0 Å². The average molecular weight is 239 g/mol. The lowest BCUT2D eigenvalue weighted by molar-refractivity contribution is -0.133. The Labute approximate surface area is 99.4 Å². The Hall–Kier alpha value is -1.47. The van der Waals surface area contributed by atoms with Gasteiger partial charge in [0, 0.05) is 13.6 Å². The molecule has 1 atom stereocenters. The molecule has 1 fully saturated rings. The minimum Gasteiger partial charge on any atom is -0.387 e. The molecule has 0 aromatic carbocycles. The van der Waals surface area contributed by atoms with Crippen molar-refractivity contribution in [1.82, 2.24) is 25.0 Å². The summed E-state index contributed by atoms with van der Waals surface area (Å²) in [5.74, 6) is -0.0872. The molecule has 0 aliphatic carbocycles. The number of rotatable bonds is 4. The van der Waals surface area contributed by atoms with Crippen molar-refractivity contribution in [2.45, 2.75) is 18.6 Å². The molecule has 1 amide bonds. The number of nitrogens with one attached hydrogen (secondary N) is 1. The molecule has 1 unspecified atom stereocenters. The summed E-state index contributed by atoms with van der Waals surface area (Å²) in [6.45, 7) is 1.82. The van der Waals surface area contributed by atoms with Gasteiger partial charge in [0.05, 0.1) is 12.1 Å². The second-order valence-electron chi connectivity index (χ2n) is 4.49. The molecule has 2 N–H and O–H groups in total. The molecular formula is C10H17N5O2. The van der Waals surface area contributed by atoms with E-state index in [1.807, 2.05) is 0 Å². The smallest absolute Gasteiger partial charge is 0.244 e. The first kappa shape index (κ1) is 12.0. The fraction of sp³-hybridized carbons (Fsp3) is 0.700. The zero-order chi connectivity index (χ0) is 12.3. The van der Waals surface area contributed by atoms with Gasteiger partial charge >= 0.3 is 0 Å². The maximum absolute atomic E-state index is 11.8. The molecule has 1 saturated heterocycles. The number of aromatic nitrogens is 3. The number of β-amino-alcohol motifs (C(OH)–C–C–N with tert-alkyl or cyclic N) is 1. The molecule has 17 heavy (non-hydrogen) atoms. The zero-order valence-electron chi connectivity index (χ0n) is 9.83. The Balaban J connectivity index is 1.87. The zero-order valence-corrected chi connectivity index (χ0v) is 9.83. The summed E-state index contributed by atoms with van der Waals surface area (Å²) in [4.78, 5) is 17.2. The van der Waals surface area contributed by atoms with Crippen LogP contribution >= 0.6 is 0 Å². The number of amides is 1. The highest BCUT2D eigenvalue weighted by Gasteiger charge is 2.33. The molecule has 1 aliphatic heterocycles. The lowest BCUT2D eigenvalue weighted by Gasteiger charge is -2.27. The van der Waals surface area contributed by atoms with Gasteiger partial charge in [0.1, 0.15) is 19.2 Å². The maximum Gasteiger partial charge on any atom is 0.244 e. The Morgan fingerprint density at radius 1 is 1.71 bits per heavy atom. The first-order valence-corrected chi connectivity index (χ1v) is 5.59. The molecule has 1 aliphatic rings. The molecule has 1 aromatic rings. The van der Waals surface area contributed by atoms with Crippen LogP contribution in [0.2, 0.25) is 0 Å². The van der Waals surface area contributed by atoms with E-state index in [0.29, 0.717) is 19.5 Å². The second kappa shape index (κ2) is 4.80. The summed E-state index contributed by atoms with van der Waals surface area (Å²) >= 11 is 0. The van der Waals surface area contributed by atoms with Gasteiger partial charge in [-0.1, -0.05) is 0 Å². The average Bonchev–Trinajstić information content (AvgIpc) is 2.90. The van der Waals surface area contributed by atoms with Crippen molar-refractivity contribution < 1.29 is 9.90 Å². The molecule has 7 nitrogen and oxygen atoms in total. The summed E-state index contributed by atoms with van der Waals surface area (Å²) in [5.41, 5.74) is -0.799. The Morgan fingerprint density at radius 2 is 2.53 bits per heavy atom.